The van der Waals surface area contributed by atoms with Crippen molar-refractivity contribution in [1.82, 2.24) is 0 Å². The summed E-state index contributed by atoms with van der Waals surface area (Å²) in [5, 5.41) is 0. The molecule has 0 spiro atoms. The van der Waals surface area contributed by atoms with Crippen LogP contribution in [0.1, 0.15) is 39.5 Å². The Hall–Kier alpha value is -1.41. The molecule has 0 saturated carbocycles. The highest BCUT2D eigenvalue weighted by molar-refractivity contribution is 7.32. The molecule has 2 aromatic rings. The van der Waals surface area contributed by atoms with Crippen LogP contribution in [0, 0.1) is 5.92 Å². The lowest BCUT2D eigenvalue weighted by molar-refractivity contribution is 0.218. The van der Waals surface area contributed by atoms with E-state index in [9.17, 15) is 4.57 Å². The predicted molar refractivity (Wildman–Crippen MR) is 102 cm³/mol. The molecule has 132 valence electrons. The molecule has 0 heterocycles. The second-order valence-electron chi connectivity index (χ2n) is 5.73. The van der Waals surface area contributed by atoms with Gasteiger partial charge in [-0.15, -0.1) is 0 Å². The molecule has 2 aromatic carbocycles. The summed E-state index contributed by atoms with van der Waals surface area (Å²) in [7, 11) is -2.71. The van der Waals surface area contributed by atoms with Gasteiger partial charge < -0.3 is 9.42 Å². The predicted octanol–water partition coefficient (Wildman–Crippen LogP) is 5.96. The summed E-state index contributed by atoms with van der Waals surface area (Å²) in [6.45, 7) is 4.66. The maximum Gasteiger partial charge on any atom is 0.316 e. The van der Waals surface area contributed by atoms with Crippen molar-refractivity contribution in [1.29, 1.82) is 0 Å². The number of rotatable bonds is 8. The largest absolute Gasteiger partial charge is 0.326 e. The highest BCUT2D eigenvalue weighted by atomic mass is 31.1. The Balaban J connectivity index is 0.000000240. The number of benzene rings is 2. The highest BCUT2D eigenvalue weighted by Crippen LogP contribution is 2.20. The van der Waals surface area contributed by atoms with Crippen LogP contribution in [0.5, 0.6) is 0 Å². The molecule has 0 aromatic heterocycles. The highest BCUT2D eigenvalue weighted by Gasteiger charge is 2.06. The van der Waals surface area contributed by atoms with Gasteiger partial charge in [-0.3, -0.25) is 4.57 Å². The van der Waals surface area contributed by atoms with Crippen molar-refractivity contribution in [3.63, 3.8) is 0 Å². The van der Waals surface area contributed by atoms with Crippen LogP contribution in [0.15, 0.2) is 60.7 Å². The molecule has 1 N–H and O–H groups in total. The summed E-state index contributed by atoms with van der Waals surface area (Å²) in [5.41, 5.74) is 2.55. The van der Waals surface area contributed by atoms with E-state index in [4.69, 9.17) is 9.42 Å². The van der Waals surface area contributed by atoms with Gasteiger partial charge in [0.2, 0.25) is 0 Å². The van der Waals surface area contributed by atoms with Gasteiger partial charge in [0, 0.05) is 0 Å². The van der Waals surface area contributed by atoms with Gasteiger partial charge in [0.05, 0.1) is 6.61 Å². The average molecular weight is 348 g/mol. The molecule has 0 saturated heterocycles. The van der Waals surface area contributed by atoms with Gasteiger partial charge in [-0.2, -0.15) is 0 Å². The Morgan fingerprint density at radius 3 is 1.83 bits per heavy atom. The molecule has 0 radical (unpaired) electrons. The van der Waals surface area contributed by atoms with Crippen LogP contribution in [0.4, 0.5) is 0 Å². The van der Waals surface area contributed by atoms with Crippen LogP contribution in [0.25, 0.3) is 11.1 Å². The molecule has 0 aliphatic heterocycles. The van der Waals surface area contributed by atoms with Crippen molar-refractivity contribution in [2.45, 2.75) is 39.5 Å². The van der Waals surface area contributed by atoms with Crippen LogP contribution in [0.2, 0.25) is 0 Å². The standard InChI is InChI=1S/C12H10.C8H19O3P/c1-3-7-11(8-4-1)12-9-5-2-6-10-12;1-3-5-6-8(4-2)7-11-12(9)10/h1-10H;8,12H,3-7H2,1-2H3,(H,9,10). The summed E-state index contributed by atoms with van der Waals surface area (Å²) < 4.78 is 15.0. The van der Waals surface area contributed by atoms with Crippen molar-refractivity contribution >= 4 is 8.25 Å². The lowest BCUT2D eigenvalue weighted by Crippen LogP contribution is -2.05. The average Bonchev–Trinajstić information content (AvgIpc) is 2.64. The first-order valence-electron chi connectivity index (χ1n) is 8.63. The maximum absolute atomic E-state index is 10.3. The third-order valence-electron chi connectivity index (χ3n) is 3.87. The van der Waals surface area contributed by atoms with Gasteiger partial charge in [-0.25, -0.2) is 0 Å². The second kappa shape index (κ2) is 12.9. The number of unbranched alkanes of at least 4 members (excludes halogenated alkanes) is 1. The van der Waals surface area contributed by atoms with Crippen molar-refractivity contribution in [3.8, 4) is 11.1 Å². The molecular formula is C20H29O3P. The van der Waals surface area contributed by atoms with Gasteiger partial charge in [-0.05, 0) is 23.5 Å². The van der Waals surface area contributed by atoms with E-state index < -0.39 is 8.25 Å². The van der Waals surface area contributed by atoms with Gasteiger partial charge in [0.1, 0.15) is 0 Å². The van der Waals surface area contributed by atoms with Gasteiger partial charge >= 0.3 is 8.25 Å². The fourth-order valence-electron chi connectivity index (χ4n) is 2.35. The van der Waals surface area contributed by atoms with Crippen molar-refractivity contribution in [2.24, 2.45) is 5.92 Å². The first-order valence-corrected chi connectivity index (χ1v) is 9.89. The minimum atomic E-state index is -2.71. The molecular weight excluding hydrogens is 319 g/mol. The molecule has 2 unspecified atom stereocenters. The summed E-state index contributed by atoms with van der Waals surface area (Å²) in [6.07, 6.45) is 4.47. The maximum atomic E-state index is 10.3. The molecule has 2 rings (SSSR count). The molecule has 24 heavy (non-hydrogen) atoms. The quantitative estimate of drug-likeness (QED) is 0.599. The Labute approximate surface area is 146 Å². The molecule has 0 aliphatic rings. The van der Waals surface area contributed by atoms with Crippen LogP contribution in [-0.2, 0) is 9.09 Å². The van der Waals surface area contributed by atoms with Crippen molar-refractivity contribution in [3.05, 3.63) is 60.7 Å². The smallest absolute Gasteiger partial charge is 0.316 e. The van der Waals surface area contributed by atoms with Crippen LogP contribution in [-0.4, -0.2) is 11.5 Å². The first-order chi connectivity index (χ1) is 11.7. The topological polar surface area (TPSA) is 46.5 Å². The van der Waals surface area contributed by atoms with E-state index in [0.717, 1.165) is 12.8 Å². The summed E-state index contributed by atoms with van der Waals surface area (Å²) in [5.74, 6) is 0.450. The Morgan fingerprint density at radius 2 is 1.46 bits per heavy atom. The van der Waals surface area contributed by atoms with E-state index in [0.29, 0.717) is 12.5 Å². The Kier molecular flexibility index (Phi) is 11.1. The molecule has 0 bridgehead atoms. The number of hydrogen-bond acceptors (Lipinski definition) is 2. The number of hydrogen-bond donors (Lipinski definition) is 1. The van der Waals surface area contributed by atoms with E-state index in [1.807, 2.05) is 12.1 Å². The zero-order valence-electron chi connectivity index (χ0n) is 14.7. The fraction of sp³-hybridized carbons (Fsp3) is 0.400. The van der Waals surface area contributed by atoms with Crippen molar-refractivity contribution < 1.29 is 14.0 Å². The fourth-order valence-corrected chi connectivity index (χ4v) is 2.73. The zero-order valence-corrected chi connectivity index (χ0v) is 15.7. The Morgan fingerprint density at radius 1 is 0.958 bits per heavy atom. The van der Waals surface area contributed by atoms with E-state index in [1.165, 1.54) is 24.0 Å². The van der Waals surface area contributed by atoms with Gasteiger partial charge in [0.25, 0.3) is 0 Å². The normalized spacial score (nSPS) is 12.8. The van der Waals surface area contributed by atoms with E-state index in [-0.39, 0.29) is 0 Å². The minimum absolute atomic E-state index is 0.435. The zero-order chi connectivity index (χ0) is 17.6. The molecule has 3 nitrogen and oxygen atoms in total. The lowest BCUT2D eigenvalue weighted by atomic mass is 10.0. The van der Waals surface area contributed by atoms with Gasteiger partial charge in [-0.1, -0.05) is 93.8 Å². The van der Waals surface area contributed by atoms with Crippen LogP contribution in [0.3, 0.4) is 0 Å². The summed E-state index contributed by atoms with van der Waals surface area (Å²) in [6, 6.07) is 20.8. The molecule has 0 aliphatic carbocycles. The lowest BCUT2D eigenvalue weighted by Gasteiger charge is -2.12. The SMILES string of the molecule is CCCCC(CC)CO[PH](=O)O.c1ccc(-c2ccccc2)cc1. The molecule has 0 amide bonds. The summed E-state index contributed by atoms with van der Waals surface area (Å²) in [4.78, 5) is 8.45. The molecule has 0 fully saturated rings. The van der Waals surface area contributed by atoms with Gasteiger partial charge in [0.15, 0.2) is 0 Å². The van der Waals surface area contributed by atoms with E-state index in [1.54, 1.807) is 0 Å². The van der Waals surface area contributed by atoms with Crippen LogP contribution < -0.4 is 0 Å². The van der Waals surface area contributed by atoms with E-state index >= 15 is 0 Å². The second-order valence-corrected chi connectivity index (χ2v) is 6.55. The minimum Gasteiger partial charge on any atom is -0.326 e. The van der Waals surface area contributed by atoms with Crippen LogP contribution >= 0.6 is 8.25 Å². The summed E-state index contributed by atoms with van der Waals surface area (Å²) >= 11 is 0. The Bertz CT molecular complexity index is 520. The third-order valence-corrected chi connectivity index (χ3v) is 4.28. The third kappa shape index (κ3) is 9.02. The monoisotopic (exact) mass is 348 g/mol. The van der Waals surface area contributed by atoms with Crippen molar-refractivity contribution in [2.75, 3.05) is 6.61 Å². The first kappa shape index (κ1) is 20.6. The van der Waals surface area contributed by atoms with E-state index in [2.05, 4.69) is 62.4 Å². The molecule has 2 atom stereocenters. The molecule has 4 heteroatoms.